The highest BCUT2D eigenvalue weighted by atomic mass is 16.2. The highest BCUT2D eigenvalue weighted by molar-refractivity contribution is 5.21. The van der Waals surface area contributed by atoms with Crippen LogP contribution in [0.1, 0.15) is 6.92 Å². The summed E-state index contributed by atoms with van der Waals surface area (Å²) in [4.78, 5) is 26.2. The molecule has 0 atom stereocenters. The van der Waals surface area contributed by atoms with Gasteiger partial charge in [0.1, 0.15) is 0 Å². The van der Waals surface area contributed by atoms with Crippen LogP contribution in [0.3, 0.4) is 0 Å². The SMILES string of the molecule is CCn1c(NC)nc(=O)n(C)c1=O. The first-order valence-electron chi connectivity index (χ1n) is 3.97. The number of hydrogen-bond donors (Lipinski definition) is 1. The van der Waals surface area contributed by atoms with Crippen molar-refractivity contribution in [2.45, 2.75) is 13.5 Å². The fourth-order valence-corrected chi connectivity index (χ4v) is 1.06. The second-order valence-corrected chi connectivity index (χ2v) is 2.55. The zero-order valence-electron chi connectivity index (χ0n) is 7.87. The molecule has 6 heteroatoms. The Morgan fingerprint density at radius 2 is 2.08 bits per heavy atom. The molecule has 0 spiro atoms. The molecule has 1 aromatic heterocycles. The van der Waals surface area contributed by atoms with E-state index in [2.05, 4.69) is 10.3 Å². The van der Waals surface area contributed by atoms with Gasteiger partial charge in [-0.1, -0.05) is 0 Å². The molecule has 0 unspecified atom stereocenters. The van der Waals surface area contributed by atoms with Crippen molar-refractivity contribution in [3.63, 3.8) is 0 Å². The zero-order valence-corrected chi connectivity index (χ0v) is 7.87. The third-order valence-corrected chi connectivity index (χ3v) is 1.80. The quantitative estimate of drug-likeness (QED) is 0.640. The van der Waals surface area contributed by atoms with E-state index >= 15 is 0 Å². The molecule has 0 saturated heterocycles. The molecule has 0 aromatic carbocycles. The fraction of sp³-hybridized carbons (Fsp3) is 0.571. The van der Waals surface area contributed by atoms with Crippen molar-refractivity contribution in [3.8, 4) is 0 Å². The van der Waals surface area contributed by atoms with Crippen molar-refractivity contribution in [3.05, 3.63) is 21.0 Å². The van der Waals surface area contributed by atoms with Gasteiger partial charge in [0.05, 0.1) is 0 Å². The molecule has 1 rings (SSSR count). The summed E-state index contributed by atoms with van der Waals surface area (Å²) < 4.78 is 2.37. The van der Waals surface area contributed by atoms with Gasteiger partial charge in [0.15, 0.2) is 0 Å². The standard InChI is InChI=1S/C7H12N4O2/c1-4-11-5(8-2)9-6(12)10(3)7(11)13/h4H2,1-3H3,(H,8,9,12). The average molecular weight is 184 g/mol. The Balaban J connectivity index is 3.58. The summed E-state index contributed by atoms with van der Waals surface area (Å²) in [5.74, 6) is 0.301. The smallest absolute Gasteiger partial charge is 0.354 e. The Bertz CT molecular complexity index is 417. The molecular weight excluding hydrogens is 172 g/mol. The van der Waals surface area contributed by atoms with Crippen LogP contribution >= 0.6 is 0 Å². The lowest BCUT2D eigenvalue weighted by molar-refractivity contribution is 0.606. The molecule has 1 heterocycles. The molecule has 72 valence electrons. The van der Waals surface area contributed by atoms with Crippen LogP contribution < -0.4 is 16.7 Å². The number of aromatic nitrogens is 3. The van der Waals surface area contributed by atoms with E-state index in [-0.39, 0.29) is 5.69 Å². The normalized spacial score (nSPS) is 10.1. The topological polar surface area (TPSA) is 68.9 Å². The van der Waals surface area contributed by atoms with Gasteiger partial charge in [-0.15, -0.1) is 0 Å². The molecule has 0 aliphatic carbocycles. The van der Waals surface area contributed by atoms with Crippen LogP contribution in [-0.2, 0) is 13.6 Å². The highest BCUT2D eigenvalue weighted by Gasteiger charge is 2.06. The van der Waals surface area contributed by atoms with Gasteiger partial charge in [0.2, 0.25) is 5.95 Å². The Kier molecular flexibility index (Phi) is 2.50. The first-order valence-corrected chi connectivity index (χ1v) is 3.97. The molecule has 1 aromatic rings. The van der Waals surface area contributed by atoms with Crippen LogP contribution in [0.15, 0.2) is 9.59 Å². The van der Waals surface area contributed by atoms with E-state index in [0.717, 1.165) is 4.57 Å². The first-order chi connectivity index (χ1) is 6.11. The van der Waals surface area contributed by atoms with Gasteiger partial charge in [0, 0.05) is 20.6 Å². The second-order valence-electron chi connectivity index (χ2n) is 2.55. The molecule has 0 radical (unpaired) electrons. The minimum atomic E-state index is -0.543. The van der Waals surface area contributed by atoms with Crippen molar-refractivity contribution >= 4 is 5.95 Å². The van der Waals surface area contributed by atoms with Gasteiger partial charge in [-0.05, 0) is 6.92 Å². The summed E-state index contributed by atoms with van der Waals surface area (Å²) in [5.41, 5.74) is -0.897. The number of nitrogens with one attached hydrogen (secondary N) is 1. The molecule has 0 aliphatic rings. The monoisotopic (exact) mass is 184 g/mol. The van der Waals surface area contributed by atoms with Crippen LogP contribution in [0, 0.1) is 0 Å². The van der Waals surface area contributed by atoms with E-state index in [1.807, 2.05) is 6.92 Å². The van der Waals surface area contributed by atoms with Crippen molar-refractivity contribution in [2.75, 3.05) is 12.4 Å². The summed E-state index contributed by atoms with van der Waals surface area (Å²) >= 11 is 0. The van der Waals surface area contributed by atoms with Gasteiger partial charge in [-0.3, -0.25) is 4.57 Å². The van der Waals surface area contributed by atoms with Crippen LogP contribution in [0.2, 0.25) is 0 Å². The summed E-state index contributed by atoms with van der Waals surface area (Å²) in [6.45, 7) is 2.30. The predicted molar refractivity (Wildman–Crippen MR) is 49.0 cm³/mol. The van der Waals surface area contributed by atoms with Crippen molar-refractivity contribution in [2.24, 2.45) is 7.05 Å². The summed E-state index contributed by atoms with van der Waals surface area (Å²) in [7, 11) is 3.02. The third kappa shape index (κ3) is 1.47. The van der Waals surface area contributed by atoms with Crippen molar-refractivity contribution < 1.29 is 0 Å². The summed E-state index contributed by atoms with van der Waals surface area (Å²) in [6, 6.07) is 0. The minimum absolute atomic E-state index is 0.301. The molecule has 0 saturated carbocycles. The first kappa shape index (κ1) is 9.50. The Morgan fingerprint density at radius 3 is 2.54 bits per heavy atom. The lowest BCUT2D eigenvalue weighted by Gasteiger charge is -2.08. The number of anilines is 1. The third-order valence-electron chi connectivity index (χ3n) is 1.80. The predicted octanol–water partition coefficient (Wildman–Crippen LogP) is -0.996. The fourth-order valence-electron chi connectivity index (χ4n) is 1.06. The molecule has 0 aliphatic heterocycles. The number of hydrogen-bond acceptors (Lipinski definition) is 4. The molecule has 0 fully saturated rings. The number of rotatable bonds is 2. The van der Waals surface area contributed by atoms with Crippen LogP contribution in [0.4, 0.5) is 5.95 Å². The van der Waals surface area contributed by atoms with Crippen LogP contribution in [0.5, 0.6) is 0 Å². The average Bonchev–Trinajstić information content (AvgIpc) is 2.13. The van der Waals surface area contributed by atoms with Crippen molar-refractivity contribution in [1.82, 2.24) is 14.1 Å². The Labute approximate surface area is 74.8 Å². The van der Waals surface area contributed by atoms with E-state index in [1.165, 1.54) is 11.6 Å². The molecule has 0 bridgehead atoms. The minimum Gasteiger partial charge on any atom is -0.358 e. The summed E-state index contributed by atoms with van der Waals surface area (Å²) in [6.07, 6.45) is 0. The molecule has 13 heavy (non-hydrogen) atoms. The van der Waals surface area contributed by atoms with Gasteiger partial charge in [0.25, 0.3) is 0 Å². The lowest BCUT2D eigenvalue weighted by atomic mass is 10.7. The lowest BCUT2D eigenvalue weighted by Crippen LogP contribution is -2.40. The van der Waals surface area contributed by atoms with Gasteiger partial charge in [-0.25, -0.2) is 14.2 Å². The van der Waals surface area contributed by atoms with E-state index in [0.29, 0.717) is 12.5 Å². The van der Waals surface area contributed by atoms with E-state index in [9.17, 15) is 9.59 Å². The van der Waals surface area contributed by atoms with E-state index < -0.39 is 5.69 Å². The summed E-state index contributed by atoms with van der Waals surface area (Å²) in [5, 5.41) is 2.69. The van der Waals surface area contributed by atoms with Crippen molar-refractivity contribution in [1.29, 1.82) is 0 Å². The van der Waals surface area contributed by atoms with Gasteiger partial charge in [-0.2, -0.15) is 4.98 Å². The second kappa shape index (κ2) is 3.42. The maximum Gasteiger partial charge on any atom is 0.354 e. The molecule has 6 nitrogen and oxygen atoms in total. The zero-order chi connectivity index (χ0) is 10.0. The largest absolute Gasteiger partial charge is 0.358 e. The Hall–Kier alpha value is -1.59. The molecule has 0 amide bonds. The molecule has 1 N–H and O–H groups in total. The highest BCUT2D eigenvalue weighted by Crippen LogP contribution is 1.92. The van der Waals surface area contributed by atoms with Gasteiger partial charge >= 0.3 is 11.4 Å². The van der Waals surface area contributed by atoms with E-state index in [4.69, 9.17) is 0 Å². The van der Waals surface area contributed by atoms with Crippen LogP contribution in [-0.4, -0.2) is 21.2 Å². The Morgan fingerprint density at radius 1 is 1.46 bits per heavy atom. The maximum absolute atomic E-state index is 11.4. The van der Waals surface area contributed by atoms with Gasteiger partial charge < -0.3 is 5.32 Å². The van der Waals surface area contributed by atoms with E-state index in [1.54, 1.807) is 7.05 Å². The van der Waals surface area contributed by atoms with Crippen LogP contribution in [0.25, 0.3) is 0 Å². The number of nitrogens with zero attached hydrogens (tertiary/aromatic N) is 3. The maximum atomic E-state index is 11.4. The molecular formula is C7H12N4O2.